The van der Waals surface area contributed by atoms with Gasteiger partial charge in [-0.15, -0.1) is 11.8 Å². The molecule has 0 radical (unpaired) electrons. The molecule has 2 aliphatic rings. The lowest BCUT2D eigenvalue weighted by Crippen LogP contribution is -2.44. The average molecular weight is 391 g/mol. The summed E-state index contributed by atoms with van der Waals surface area (Å²) in [6, 6.07) is 10.5. The van der Waals surface area contributed by atoms with Crippen LogP contribution in [0.1, 0.15) is 25.7 Å². The zero-order valence-corrected chi connectivity index (χ0v) is 17.1. The number of likely N-dealkylation sites (N-methyl/N-ethyl adjacent to an activating group) is 1. The zero-order chi connectivity index (χ0) is 19.1. The summed E-state index contributed by atoms with van der Waals surface area (Å²) in [7, 11) is 3.50. The molecule has 1 saturated heterocycles. The Morgan fingerprint density at radius 3 is 2.70 bits per heavy atom. The quantitative estimate of drug-likeness (QED) is 0.526. The molecular formula is C20H30N4O2S. The third kappa shape index (κ3) is 6.43. The van der Waals surface area contributed by atoms with E-state index >= 15 is 0 Å². The van der Waals surface area contributed by atoms with Gasteiger partial charge in [-0.25, -0.2) is 4.99 Å². The van der Waals surface area contributed by atoms with Gasteiger partial charge in [-0.3, -0.25) is 4.79 Å². The normalized spacial score (nSPS) is 21.0. The molecule has 0 aromatic heterocycles. The fourth-order valence-corrected chi connectivity index (χ4v) is 4.16. The second-order valence-electron chi connectivity index (χ2n) is 7.42. The first-order chi connectivity index (χ1) is 13.1. The molecule has 1 aliphatic carbocycles. The van der Waals surface area contributed by atoms with Crippen molar-refractivity contribution >= 4 is 23.6 Å². The van der Waals surface area contributed by atoms with Crippen molar-refractivity contribution in [2.24, 2.45) is 4.99 Å². The highest BCUT2D eigenvalue weighted by Gasteiger charge is 2.43. The molecule has 1 heterocycles. The molecule has 1 aromatic carbocycles. The predicted octanol–water partition coefficient (Wildman–Crippen LogP) is 2.11. The van der Waals surface area contributed by atoms with Crippen LogP contribution < -0.4 is 10.6 Å². The van der Waals surface area contributed by atoms with E-state index in [-0.39, 0.29) is 23.3 Å². The highest BCUT2D eigenvalue weighted by molar-refractivity contribution is 8.01. The number of carbonyl (C=O) groups excluding carboxylic acids is 1. The second kappa shape index (κ2) is 9.46. The Kier molecular flexibility index (Phi) is 7.01. The molecule has 6 nitrogen and oxygen atoms in total. The van der Waals surface area contributed by atoms with E-state index in [0.717, 1.165) is 32.5 Å². The van der Waals surface area contributed by atoms with Gasteiger partial charge in [0.2, 0.25) is 5.91 Å². The van der Waals surface area contributed by atoms with Gasteiger partial charge in [0.15, 0.2) is 5.96 Å². The Morgan fingerprint density at radius 1 is 1.30 bits per heavy atom. The van der Waals surface area contributed by atoms with Crippen molar-refractivity contribution in [3.8, 4) is 0 Å². The highest BCUT2D eigenvalue weighted by atomic mass is 32.2. The van der Waals surface area contributed by atoms with E-state index < -0.39 is 0 Å². The summed E-state index contributed by atoms with van der Waals surface area (Å²) in [5, 5.41) is 6.81. The van der Waals surface area contributed by atoms with Gasteiger partial charge in [0.05, 0.1) is 6.10 Å². The topological polar surface area (TPSA) is 66.0 Å². The van der Waals surface area contributed by atoms with Gasteiger partial charge in [-0.2, -0.15) is 0 Å². The van der Waals surface area contributed by atoms with E-state index in [9.17, 15) is 4.79 Å². The number of ether oxygens (including phenoxy) is 1. The lowest BCUT2D eigenvalue weighted by atomic mass is 10.2. The number of rotatable bonds is 8. The summed E-state index contributed by atoms with van der Waals surface area (Å²) in [6.45, 7) is 2.54. The SMILES string of the molecule is CN(C)C(=O)CN=C(NCC1CCCO1)NCC1(Sc2ccccc2)CC1. The van der Waals surface area contributed by atoms with Crippen LogP contribution in [-0.2, 0) is 9.53 Å². The summed E-state index contributed by atoms with van der Waals surface area (Å²) in [4.78, 5) is 19.2. The van der Waals surface area contributed by atoms with Gasteiger partial charge >= 0.3 is 0 Å². The van der Waals surface area contributed by atoms with Crippen LogP contribution in [0.25, 0.3) is 0 Å². The van der Waals surface area contributed by atoms with Crippen molar-refractivity contribution in [2.45, 2.75) is 41.4 Å². The minimum absolute atomic E-state index is 0.00647. The molecule has 3 rings (SSSR count). The van der Waals surface area contributed by atoms with Gasteiger partial charge in [-0.05, 0) is 37.8 Å². The third-order valence-electron chi connectivity index (χ3n) is 4.86. The average Bonchev–Trinajstić information content (AvgIpc) is 3.22. The number of carbonyl (C=O) groups is 1. The van der Waals surface area contributed by atoms with Crippen molar-refractivity contribution in [3.63, 3.8) is 0 Å². The van der Waals surface area contributed by atoms with E-state index in [2.05, 4.69) is 39.9 Å². The van der Waals surface area contributed by atoms with E-state index in [1.54, 1.807) is 19.0 Å². The van der Waals surface area contributed by atoms with Crippen molar-refractivity contribution in [1.29, 1.82) is 0 Å². The minimum atomic E-state index is -0.00647. The van der Waals surface area contributed by atoms with Gasteiger partial charge in [-0.1, -0.05) is 18.2 Å². The second-order valence-corrected chi connectivity index (χ2v) is 8.96. The number of thioether (sulfide) groups is 1. The Balaban J connectivity index is 1.54. The standard InChI is InChI=1S/C20H30N4O2S/c1-24(2)18(25)14-22-19(21-13-16-7-6-12-26-16)23-15-20(10-11-20)27-17-8-4-3-5-9-17/h3-5,8-9,16H,6-7,10-15H2,1-2H3,(H2,21,22,23). The van der Waals surface area contributed by atoms with Crippen LogP contribution in [0.2, 0.25) is 0 Å². The van der Waals surface area contributed by atoms with E-state index in [1.165, 1.54) is 17.7 Å². The maximum atomic E-state index is 11.9. The van der Waals surface area contributed by atoms with Crippen LogP contribution in [0.3, 0.4) is 0 Å². The van der Waals surface area contributed by atoms with Gasteiger partial charge < -0.3 is 20.3 Å². The summed E-state index contributed by atoms with van der Waals surface area (Å²) in [5.41, 5.74) is 0. The van der Waals surface area contributed by atoms with Crippen molar-refractivity contribution in [2.75, 3.05) is 40.3 Å². The predicted molar refractivity (Wildman–Crippen MR) is 110 cm³/mol. The van der Waals surface area contributed by atoms with Crippen molar-refractivity contribution in [1.82, 2.24) is 15.5 Å². The van der Waals surface area contributed by atoms with E-state index in [1.807, 2.05) is 17.8 Å². The molecule has 1 aromatic rings. The maximum Gasteiger partial charge on any atom is 0.243 e. The van der Waals surface area contributed by atoms with Crippen LogP contribution in [0.4, 0.5) is 0 Å². The molecule has 148 valence electrons. The lowest BCUT2D eigenvalue weighted by molar-refractivity contribution is -0.127. The lowest BCUT2D eigenvalue weighted by Gasteiger charge is -2.20. The summed E-state index contributed by atoms with van der Waals surface area (Å²) in [6.07, 6.45) is 4.80. The van der Waals surface area contributed by atoms with Gasteiger partial charge in [0.1, 0.15) is 6.54 Å². The molecule has 2 N–H and O–H groups in total. The van der Waals surface area contributed by atoms with E-state index in [0.29, 0.717) is 5.96 Å². The van der Waals surface area contributed by atoms with Crippen molar-refractivity contribution < 1.29 is 9.53 Å². The first-order valence-electron chi connectivity index (χ1n) is 9.64. The maximum absolute atomic E-state index is 11.9. The number of benzene rings is 1. The fraction of sp³-hybridized carbons (Fsp3) is 0.600. The molecule has 1 unspecified atom stereocenters. The van der Waals surface area contributed by atoms with Crippen LogP contribution >= 0.6 is 11.8 Å². The first-order valence-corrected chi connectivity index (χ1v) is 10.5. The Labute approximate surface area is 166 Å². The zero-order valence-electron chi connectivity index (χ0n) is 16.2. The molecular weight excluding hydrogens is 360 g/mol. The fourth-order valence-electron chi connectivity index (χ4n) is 2.92. The number of aliphatic imine (C=N–C) groups is 1. The molecule has 1 amide bonds. The summed E-state index contributed by atoms with van der Waals surface area (Å²) in [5.74, 6) is 0.689. The molecule has 1 atom stereocenters. The molecule has 2 fully saturated rings. The molecule has 0 spiro atoms. The largest absolute Gasteiger partial charge is 0.376 e. The number of nitrogens with one attached hydrogen (secondary N) is 2. The smallest absolute Gasteiger partial charge is 0.243 e. The van der Waals surface area contributed by atoms with E-state index in [4.69, 9.17) is 4.74 Å². The van der Waals surface area contributed by atoms with Crippen LogP contribution in [0.5, 0.6) is 0 Å². The molecule has 1 aliphatic heterocycles. The first kappa shape index (κ1) is 20.0. The summed E-state index contributed by atoms with van der Waals surface area (Å²) < 4.78 is 5.90. The van der Waals surface area contributed by atoms with Gasteiger partial charge in [0.25, 0.3) is 0 Å². The summed E-state index contributed by atoms with van der Waals surface area (Å²) >= 11 is 1.93. The van der Waals surface area contributed by atoms with Crippen LogP contribution in [0, 0.1) is 0 Å². The van der Waals surface area contributed by atoms with Crippen LogP contribution in [0.15, 0.2) is 40.2 Å². The molecule has 7 heteroatoms. The Bertz CT molecular complexity index is 641. The van der Waals surface area contributed by atoms with Crippen LogP contribution in [-0.4, -0.2) is 68.0 Å². The third-order valence-corrected chi connectivity index (χ3v) is 6.35. The number of guanidine groups is 1. The molecule has 0 bridgehead atoms. The number of nitrogens with zero attached hydrogens (tertiary/aromatic N) is 2. The molecule has 1 saturated carbocycles. The Hall–Kier alpha value is -1.73. The van der Waals surface area contributed by atoms with Crippen molar-refractivity contribution in [3.05, 3.63) is 30.3 Å². The number of hydrogen-bond donors (Lipinski definition) is 2. The number of hydrogen-bond acceptors (Lipinski definition) is 4. The Morgan fingerprint density at radius 2 is 2.07 bits per heavy atom. The molecule has 27 heavy (non-hydrogen) atoms. The van der Waals surface area contributed by atoms with Gasteiger partial charge in [0, 0.05) is 43.4 Å². The minimum Gasteiger partial charge on any atom is -0.376 e. The number of amides is 1. The monoisotopic (exact) mass is 390 g/mol. The highest BCUT2D eigenvalue weighted by Crippen LogP contribution is 2.51.